The van der Waals surface area contributed by atoms with Gasteiger partial charge in [0.15, 0.2) is 5.11 Å². The molecule has 1 heterocycles. The number of halogens is 2. The van der Waals surface area contributed by atoms with Crippen molar-refractivity contribution >= 4 is 74.4 Å². The first kappa shape index (κ1) is 24.6. The summed E-state index contributed by atoms with van der Waals surface area (Å²) < 4.78 is 6.66. The topological polar surface area (TPSA) is 95.9 Å². The van der Waals surface area contributed by atoms with E-state index in [-0.39, 0.29) is 28.5 Å². The third-order valence-corrected chi connectivity index (χ3v) is 6.21. The van der Waals surface area contributed by atoms with Crippen LogP contribution in [0.2, 0.25) is 5.02 Å². The van der Waals surface area contributed by atoms with E-state index in [9.17, 15) is 19.5 Å². The van der Waals surface area contributed by atoms with Crippen LogP contribution in [0.4, 0.5) is 5.69 Å². The highest BCUT2D eigenvalue weighted by Crippen LogP contribution is 2.29. The minimum absolute atomic E-state index is 0.0252. The minimum Gasteiger partial charge on any atom is -0.488 e. The van der Waals surface area contributed by atoms with Gasteiger partial charge in [0, 0.05) is 20.6 Å². The van der Waals surface area contributed by atoms with Gasteiger partial charge < -0.3 is 9.84 Å². The number of rotatable bonds is 6. The quantitative estimate of drug-likeness (QED) is 0.240. The zero-order valence-corrected chi connectivity index (χ0v) is 21.0. The number of anilines is 1. The van der Waals surface area contributed by atoms with Gasteiger partial charge in [-0.15, -0.1) is 0 Å². The molecule has 0 radical (unpaired) electrons. The maximum atomic E-state index is 13.3. The summed E-state index contributed by atoms with van der Waals surface area (Å²) in [7, 11) is 0. The molecule has 1 aliphatic rings. The van der Waals surface area contributed by atoms with E-state index < -0.39 is 17.8 Å². The number of nitrogens with zero attached hydrogens (tertiary/aromatic N) is 1. The normalized spacial score (nSPS) is 14.7. The smallest absolute Gasteiger partial charge is 0.335 e. The Hall–Kier alpha value is -3.53. The van der Waals surface area contributed by atoms with Gasteiger partial charge in [-0.1, -0.05) is 51.8 Å². The molecule has 1 fully saturated rings. The summed E-state index contributed by atoms with van der Waals surface area (Å²) in [6.45, 7) is 0.176. The maximum absolute atomic E-state index is 13.3. The zero-order chi connectivity index (χ0) is 25.1. The molecule has 0 aromatic heterocycles. The number of thiocarbonyl (C=S) groups is 1. The Balaban J connectivity index is 1.69. The number of hydrogen-bond acceptors (Lipinski definition) is 5. The summed E-state index contributed by atoms with van der Waals surface area (Å²) in [5, 5.41) is 12.2. The number of carbonyl (C=O) groups excluding carboxylic acids is 2. The number of ether oxygens (including phenoxy) is 1. The summed E-state index contributed by atoms with van der Waals surface area (Å²) in [5.41, 5.74) is 1.24. The van der Waals surface area contributed by atoms with Crippen LogP contribution in [0.1, 0.15) is 21.5 Å². The first-order chi connectivity index (χ1) is 16.7. The molecular weight excluding hydrogens is 556 g/mol. The molecule has 3 aromatic rings. The second kappa shape index (κ2) is 10.4. The van der Waals surface area contributed by atoms with Crippen LogP contribution < -0.4 is 15.0 Å². The lowest BCUT2D eigenvalue weighted by Crippen LogP contribution is -2.54. The van der Waals surface area contributed by atoms with Gasteiger partial charge in [0.05, 0.1) is 11.3 Å². The van der Waals surface area contributed by atoms with Gasteiger partial charge in [-0.3, -0.25) is 19.8 Å². The Morgan fingerprint density at radius 2 is 1.89 bits per heavy atom. The molecular formula is C25H16BrClN2O5S. The summed E-state index contributed by atoms with van der Waals surface area (Å²) in [6.07, 6.45) is 1.40. The molecule has 0 unspecified atom stereocenters. The second-order valence-corrected chi connectivity index (χ2v) is 9.09. The molecule has 1 saturated heterocycles. The predicted molar refractivity (Wildman–Crippen MR) is 140 cm³/mol. The largest absolute Gasteiger partial charge is 0.488 e. The lowest BCUT2D eigenvalue weighted by Gasteiger charge is -2.29. The maximum Gasteiger partial charge on any atom is 0.335 e. The number of nitrogens with one attached hydrogen (secondary N) is 1. The molecule has 7 nitrogen and oxygen atoms in total. The lowest BCUT2D eigenvalue weighted by atomic mass is 10.1. The van der Waals surface area contributed by atoms with E-state index in [1.54, 1.807) is 24.3 Å². The van der Waals surface area contributed by atoms with Crippen LogP contribution in [-0.4, -0.2) is 28.0 Å². The molecule has 176 valence electrons. The highest BCUT2D eigenvalue weighted by atomic mass is 79.9. The van der Waals surface area contributed by atoms with Gasteiger partial charge in [0.1, 0.15) is 17.9 Å². The van der Waals surface area contributed by atoms with E-state index >= 15 is 0 Å². The summed E-state index contributed by atoms with van der Waals surface area (Å²) >= 11 is 14.8. The molecule has 1 aliphatic heterocycles. The monoisotopic (exact) mass is 570 g/mol. The SMILES string of the molecule is O=C1NC(=S)N(c2cccc(C(=O)O)c2)C(=O)C1=Cc1cc(Br)ccc1OCc1ccccc1Cl. The molecule has 0 saturated carbocycles. The number of hydrogen-bond donors (Lipinski definition) is 2. The third-order valence-electron chi connectivity index (χ3n) is 5.07. The Kier molecular flexibility index (Phi) is 7.30. The summed E-state index contributed by atoms with van der Waals surface area (Å²) in [4.78, 5) is 38.5. The van der Waals surface area contributed by atoms with Crippen LogP contribution in [0.25, 0.3) is 6.08 Å². The molecule has 0 aliphatic carbocycles. The number of carbonyl (C=O) groups is 3. The van der Waals surface area contributed by atoms with Gasteiger partial charge in [0.2, 0.25) is 0 Å². The van der Waals surface area contributed by atoms with E-state index in [4.69, 9.17) is 28.6 Å². The molecule has 10 heteroatoms. The van der Waals surface area contributed by atoms with Crippen molar-refractivity contribution in [2.75, 3.05) is 4.90 Å². The van der Waals surface area contributed by atoms with Gasteiger partial charge in [-0.05, 0) is 60.8 Å². The molecule has 0 spiro atoms. The van der Waals surface area contributed by atoms with Gasteiger partial charge in [0.25, 0.3) is 11.8 Å². The van der Waals surface area contributed by atoms with E-state index in [2.05, 4.69) is 21.2 Å². The summed E-state index contributed by atoms with van der Waals surface area (Å²) in [6, 6.07) is 18.1. The molecule has 4 rings (SSSR count). The number of amides is 2. The van der Waals surface area contributed by atoms with Crippen LogP contribution in [0.15, 0.2) is 76.8 Å². The average molecular weight is 572 g/mol. The van der Waals surface area contributed by atoms with E-state index in [0.29, 0.717) is 20.8 Å². The fourth-order valence-electron chi connectivity index (χ4n) is 3.36. The van der Waals surface area contributed by atoms with Crippen molar-refractivity contribution in [3.63, 3.8) is 0 Å². The fraction of sp³-hybridized carbons (Fsp3) is 0.0400. The van der Waals surface area contributed by atoms with Crippen LogP contribution in [-0.2, 0) is 16.2 Å². The van der Waals surface area contributed by atoms with Gasteiger partial charge in [-0.2, -0.15) is 0 Å². The minimum atomic E-state index is -1.16. The van der Waals surface area contributed by atoms with Crippen molar-refractivity contribution in [3.8, 4) is 5.75 Å². The van der Waals surface area contributed by atoms with E-state index in [1.165, 1.54) is 30.3 Å². The van der Waals surface area contributed by atoms with Crippen LogP contribution >= 0.6 is 39.7 Å². The lowest BCUT2D eigenvalue weighted by molar-refractivity contribution is -0.122. The Bertz CT molecular complexity index is 1410. The Morgan fingerprint density at radius 1 is 1.11 bits per heavy atom. The van der Waals surface area contributed by atoms with Crippen LogP contribution in [0.3, 0.4) is 0 Å². The highest BCUT2D eigenvalue weighted by Gasteiger charge is 2.35. The predicted octanol–water partition coefficient (Wildman–Crippen LogP) is 5.21. The Morgan fingerprint density at radius 3 is 2.63 bits per heavy atom. The molecule has 0 atom stereocenters. The number of benzene rings is 3. The fourth-order valence-corrected chi connectivity index (χ4v) is 4.21. The zero-order valence-electron chi connectivity index (χ0n) is 17.8. The number of carboxylic acids is 1. The number of carboxylic acid groups (broad SMARTS) is 1. The van der Waals surface area contributed by atoms with Gasteiger partial charge in [-0.25, -0.2) is 4.79 Å². The van der Waals surface area contributed by atoms with Crippen molar-refractivity contribution in [1.29, 1.82) is 0 Å². The standard InChI is InChI=1S/C25H16BrClN2O5S/c26-17-8-9-21(34-13-15-4-1-2-7-20(15)27)16(10-17)12-19-22(30)28-25(35)29(23(19)31)18-6-3-5-14(11-18)24(32)33/h1-12H,13H2,(H,32,33)(H,28,30,35). The van der Waals surface area contributed by atoms with Crippen molar-refractivity contribution in [3.05, 3.63) is 98.5 Å². The molecule has 2 amide bonds. The van der Waals surface area contributed by atoms with Crippen molar-refractivity contribution in [2.24, 2.45) is 0 Å². The highest BCUT2D eigenvalue weighted by molar-refractivity contribution is 9.10. The van der Waals surface area contributed by atoms with Crippen LogP contribution in [0, 0.1) is 0 Å². The van der Waals surface area contributed by atoms with Crippen LogP contribution in [0.5, 0.6) is 5.75 Å². The van der Waals surface area contributed by atoms with Gasteiger partial charge >= 0.3 is 5.97 Å². The van der Waals surface area contributed by atoms with Crippen molar-refractivity contribution < 1.29 is 24.2 Å². The average Bonchev–Trinajstić information content (AvgIpc) is 2.82. The first-order valence-electron chi connectivity index (χ1n) is 10.1. The second-order valence-electron chi connectivity index (χ2n) is 7.38. The van der Waals surface area contributed by atoms with Crippen molar-refractivity contribution in [1.82, 2.24) is 5.32 Å². The molecule has 35 heavy (non-hydrogen) atoms. The van der Waals surface area contributed by atoms with E-state index in [0.717, 1.165) is 10.5 Å². The molecule has 2 N–H and O–H groups in total. The molecule has 3 aromatic carbocycles. The first-order valence-corrected chi connectivity index (χ1v) is 11.7. The number of aromatic carboxylic acids is 1. The molecule has 0 bridgehead atoms. The Labute approximate surface area is 219 Å². The van der Waals surface area contributed by atoms with E-state index in [1.807, 2.05) is 18.2 Å². The third kappa shape index (κ3) is 5.43. The van der Waals surface area contributed by atoms with Crippen molar-refractivity contribution in [2.45, 2.75) is 6.61 Å². The summed E-state index contributed by atoms with van der Waals surface area (Å²) in [5.74, 6) is -2.11.